The lowest BCUT2D eigenvalue weighted by molar-refractivity contribution is -0.509. The van der Waals surface area contributed by atoms with E-state index < -0.39 is 4.97 Å². The summed E-state index contributed by atoms with van der Waals surface area (Å²) >= 11 is 0. The zero-order valence-electron chi connectivity index (χ0n) is 11.1. The van der Waals surface area contributed by atoms with Crippen LogP contribution >= 0.6 is 0 Å². The van der Waals surface area contributed by atoms with Crippen molar-refractivity contribution in [2.75, 3.05) is 39.6 Å². The van der Waals surface area contributed by atoms with Gasteiger partial charge in [-0.2, -0.15) is 0 Å². The monoisotopic (exact) mass is 291 g/mol. The van der Waals surface area contributed by atoms with Crippen molar-refractivity contribution in [1.29, 1.82) is 0 Å². The maximum Gasteiger partial charge on any atom is 0.237 e. The molecule has 0 heterocycles. The molecule has 0 amide bonds. The van der Waals surface area contributed by atoms with Crippen LogP contribution in [-0.4, -0.2) is 60.4 Å². The van der Waals surface area contributed by atoms with Crippen molar-refractivity contribution in [1.82, 2.24) is 4.97 Å². The van der Waals surface area contributed by atoms with Crippen molar-refractivity contribution < 1.29 is 35.3 Å². The summed E-state index contributed by atoms with van der Waals surface area (Å²) in [5.74, 6) is 0. The van der Waals surface area contributed by atoms with Gasteiger partial charge in [0.1, 0.15) is 24.8 Å². The van der Waals surface area contributed by atoms with Crippen molar-refractivity contribution in [3.63, 3.8) is 0 Å². The Bertz CT molecular complexity index is 314. The van der Waals surface area contributed by atoms with Gasteiger partial charge in [-0.15, -0.1) is 14.5 Å². The number of aliphatic hydroxyl groups is 3. The first-order valence-corrected chi connectivity index (χ1v) is 6.00. The maximum absolute atomic E-state index is 8.88. The Kier molecular flexibility index (Phi) is 10.1. The summed E-state index contributed by atoms with van der Waals surface area (Å²) in [6, 6.07) is 8.80. The number of aliphatic hydroxyl groups excluding tert-OH is 3. The molecule has 0 saturated carbocycles. The first-order valence-electron chi connectivity index (χ1n) is 6.00. The third kappa shape index (κ3) is 5.49. The minimum Gasteiger partial charge on any atom is -0.870 e. The highest BCUT2D eigenvalue weighted by atomic mass is 17.2. The molecule has 0 aliphatic rings. The van der Waals surface area contributed by atoms with Crippen LogP contribution in [0, 0.1) is 0 Å². The predicted octanol–water partition coefficient (Wildman–Crippen LogP) is -0.411. The SMILES string of the molecule is OCCO[N+](OCCO)(OCCO)c1ccccc1.[OH-]. The molecule has 0 aliphatic carbocycles. The van der Waals surface area contributed by atoms with Crippen molar-refractivity contribution in [2.24, 2.45) is 0 Å². The van der Waals surface area contributed by atoms with E-state index in [9.17, 15) is 0 Å². The van der Waals surface area contributed by atoms with Crippen LogP contribution in [0.2, 0.25) is 0 Å². The van der Waals surface area contributed by atoms with Gasteiger partial charge in [-0.3, -0.25) is 0 Å². The number of rotatable bonds is 10. The van der Waals surface area contributed by atoms with Gasteiger partial charge in [0.25, 0.3) is 0 Å². The largest absolute Gasteiger partial charge is 0.870 e. The second-order valence-corrected chi connectivity index (χ2v) is 3.50. The molecule has 8 heteroatoms. The number of hydrogen-bond donors (Lipinski definition) is 3. The van der Waals surface area contributed by atoms with Crippen LogP contribution in [-0.2, 0) is 14.5 Å². The molecule has 1 aromatic carbocycles. The lowest BCUT2D eigenvalue weighted by Crippen LogP contribution is -2.50. The fourth-order valence-electron chi connectivity index (χ4n) is 1.43. The van der Waals surface area contributed by atoms with Crippen LogP contribution in [0.5, 0.6) is 0 Å². The number of benzene rings is 1. The van der Waals surface area contributed by atoms with E-state index in [1.54, 1.807) is 24.3 Å². The zero-order chi connectivity index (χ0) is 14.0. The quantitative estimate of drug-likeness (QED) is 0.396. The minimum atomic E-state index is -0.775. The topological polar surface area (TPSA) is 118 Å². The highest BCUT2D eigenvalue weighted by Gasteiger charge is 2.38. The Morgan fingerprint density at radius 1 is 0.750 bits per heavy atom. The van der Waals surface area contributed by atoms with Gasteiger partial charge in [0.2, 0.25) is 5.69 Å². The number of quaternary nitrogens is 1. The average molecular weight is 291 g/mol. The first-order chi connectivity index (χ1) is 9.29. The van der Waals surface area contributed by atoms with Gasteiger partial charge in [-0.25, -0.2) is 0 Å². The molecule has 0 fully saturated rings. The molecule has 0 atom stereocenters. The second kappa shape index (κ2) is 10.7. The van der Waals surface area contributed by atoms with Gasteiger partial charge in [0, 0.05) is 12.1 Å². The summed E-state index contributed by atoms with van der Waals surface area (Å²) in [5.41, 5.74) is 0.526. The minimum absolute atomic E-state index is 0. The lowest BCUT2D eigenvalue weighted by Gasteiger charge is -2.28. The van der Waals surface area contributed by atoms with Crippen LogP contribution in [0.4, 0.5) is 5.69 Å². The molecule has 1 aromatic rings. The standard InChI is InChI=1S/C12H20NO6.H2O/c14-6-9-17-13(18-10-7-15,19-11-8-16)12-4-2-1-3-5-12;/h1-5,14-16H,6-11H2;1H2/q+1;/p-1. The molecule has 0 saturated heterocycles. The van der Waals surface area contributed by atoms with E-state index in [1.807, 2.05) is 6.07 Å². The van der Waals surface area contributed by atoms with E-state index in [1.165, 1.54) is 0 Å². The molecule has 116 valence electrons. The Labute approximate surface area is 117 Å². The van der Waals surface area contributed by atoms with E-state index in [-0.39, 0.29) is 45.1 Å². The molecule has 20 heavy (non-hydrogen) atoms. The van der Waals surface area contributed by atoms with E-state index in [0.29, 0.717) is 5.69 Å². The number of nitrogens with zero attached hydrogens (tertiary/aromatic N) is 1. The molecule has 0 unspecified atom stereocenters. The van der Waals surface area contributed by atoms with Gasteiger partial charge in [0.05, 0.1) is 19.8 Å². The summed E-state index contributed by atoms with van der Waals surface area (Å²) in [7, 11) is 0. The van der Waals surface area contributed by atoms with E-state index in [2.05, 4.69) is 0 Å². The van der Waals surface area contributed by atoms with E-state index >= 15 is 0 Å². The fourth-order valence-corrected chi connectivity index (χ4v) is 1.43. The predicted molar refractivity (Wildman–Crippen MR) is 69.3 cm³/mol. The molecule has 0 aliphatic heterocycles. The maximum atomic E-state index is 8.88. The second-order valence-electron chi connectivity index (χ2n) is 3.50. The van der Waals surface area contributed by atoms with E-state index in [0.717, 1.165) is 0 Å². The molecule has 0 aromatic heterocycles. The molecular formula is C12H21NO7. The molecule has 8 nitrogen and oxygen atoms in total. The molecule has 4 N–H and O–H groups in total. The average Bonchev–Trinajstić information content (AvgIpc) is 2.48. The Morgan fingerprint density at radius 2 is 1.15 bits per heavy atom. The van der Waals surface area contributed by atoms with Crippen molar-refractivity contribution in [3.05, 3.63) is 30.3 Å². The van der Waals surface area contributed by atoms with E-state index in [4.69, 9.17) is 29.8 Å². The summed E-state index contributed by atoms with van der Waals surface area (Å²) in [4.78, 5) is 15.4. The smallest absolute Gasteiger partial charge is 0.237 e. The Hall–Kier alpha value is -1.10. The van der Waals surface area contributed by atoms with Crippen LogP contribution in [0.1, 0.15) is 0 Å². The highest BCUT2D eigenvalue weighted by molar-refractivity contribution is 5.36. The molecule has 0 spiro atoms. The lowest BCUT2D eigenvalue weighted by atomic mass is 10.3. The normalized spacial score (nSPS) is 11.2. The van der Waals surface area contributed by atoms with Gasteiger partial charge in [-0.1, -0.05) is 18.2 Å². The van der Waals surface area contributed by atoms with Gasteiger partial charge >= 0.3 is 0 Å². The Balaban J connectivity index is 0.00000361. The molecule has 0 radical (unpaired) electrons. The molecule has 1 rings (SSSR count). The third-order valence-corrected chi connectivity index (χ3v) is 2.13. The Morgan fingerprint density at radius 3 is 1.50 bits per heavy atom. The van der Waals surface area contributed by atoms with Crippen molar-refractivity contribution >= 4 is 5.69 Å². The van der Waals surface area contributed by atoms with Crippen LogP contribution < -0.4 is 4.97 Å². The molecule has 0 bridgehead atoms. The zero-order valence-corrected chi connectivity index (χ0v) is 11.1. The number of hydrogen-bond acceptors (Lipinski definition) is 7. The van der Waals surface area contributed by atoms with Gasteiger partial charge in [0.15, 0.2) is 0 Å². The van der Waals surface area contributed by atoms with Crippen molar-refractivity contribution in [2.45, 2.75) is 0 Å². The van der Waals surface area contributed by atoms with Crippen LogP contribution in [0.15, 0.2) is 30.3 Å². The summed E-state index contributed by atoms with van der Waals surface area (Å²) in [5, 5.41) is 26.6. The fraction of sp³-hybridized carbons (Fsp3) is 0.500. The van der Waals surface area contributed by atoms with Crippen molar-refractivity contribution in [3.8, 4) is 0 Å². The van der Waals surface area contributed by atoms with Crippen LogP contribution in [0.3, 0.4) is 0 Å². The van der Waals surface area contributed by atoms with Gasteiger partial charge < -0.3 is 20.8 Å². The third-order valence-electron chi connectivity index (χ3n) is 2.13. The highest BCUT2D eigenvalue weighted by Crippen LogP contribution is 2.25. The summed E-state index contributed by atoms with van der Waals surface area (Å²) in [6.07, 6.45) is 0. The summed E-state index contributed by atoms with van der Waals surface area (Å²) in [6.45, 7) is -0.698. The molecular weight excluding hydrogens is 270 g/mol. The summed E-state index contributed by atoms with van der Waals surface area (Å²) < 4.78 is 0. The first kappa shape index (κ1) is 18.9. The van der Waals surface area contributed by atoms with Gasteiger partial charge in [-0.05, 0) is 0 Å². The van der Waals surface area contributed by atoms with Crippen LogP contribution in [0.25, 0.3) is 0 Å².